The fourth-order valence-electron chi connectivity index (χ4n) is 2.05. The average molecular weight is 333 g/mol. The highest BCUT2D eigenvalue weighted by molar-refractivity contribution is 14.1. The summed E-state index contributed by atoms with van der Waals surface area (Å²) in [6.07, 6.45) is 2.02. The maximum absolute atomic E-state index is 13.5. The van der Waals surface area contributed by atoms with Crippen molar-refractivity contribution in [3.05, 3.63) is 33.1 Å². The number of hydrogen-bond donors (Lipinski definition) is 0. The summed E-state index contributed by atoms with van der Waals surface area (Å²) in [7, 11) is 0. The van der Waals surface area contributed by atoms with Crippen molar-refractivity contribution in [2.45, 2.75) is 25.8 Å². The number of likely N-dealkylation sites (tertiary alicyclic amines) is 1. The zero-order valence-electron chi connectivity index (χ0n) is 9.04. The molecular formula is C12H13FINO. The molecule has 4 heteroatoms. The summed E-state index contributed by atoms with van der Waals surface area (Å²) >= 11 is 2.09. The summed E-state index contributed by atoms with van der Waals surface area (Å²) in [6.45, 7) is 2.75. The monoisotopic (exact) mass is 333 g/mol. The molecular weight excluding hydrogens is 320 g/mol. The van der Waals surface area contributed by atoms with Gasteiger partial charge in [0.15, 0.2) is 0 Å². The number of rotatable bonds is 1. The van der Waals surface area contributed by atoms with E-state index < -0.39 is 5.82 Å². The topological polar surface area (TPSA) is 20.3 Å². The third-order valence-corrected chi connectivity index (χ3v) is 3.64. The summed E-state index contributed by atoms with van der Waals surface area (Å²) in [4.78, 5) is 13.9. The van der Waals surface area contributed by atoms with Crippen LogP contribution in [0, 0.1) is 9.39 Å². The van der Waals surface area contributed by atoms with Gasteiger partial charge in [0.2, 0.25) is 0 Å². The Kier molecular flexibility index (Phi) is 3.47. The number of halogens is 2. The maximum atomic E-state index is 13.5. The summed E-state index contributed by atoms with van der Waals surface area (Å²) in [5.41, 5.74) is 0.195. The van der Waals surface area contributed by atoms with Gasteiger partial charge in [-0.05, 0) is 60.6 Å². The lowest BCUT2D eigenvalue weighted by Gasteiger charge is -2.21. The van der Waals surface area contributed by atoms with E-state index in [1.54, 1.807) is 17.0 Å². The van der Waals surface area contributed by atoms with Gasteiger partial charge in [0.25, 0.3) is 5.91 Å². The van der Waals surface area contributed by atoms with Crippen molar-refractivity contribution in [1.29, 1.82) is 0 Å². The molecule has 16 heavy (non-hydrogen) atoms. The Labute approximate surface area is 108 Å². The van der Waals surface area contributed by atoms with Crippen molar-refractivity contribution in [3.63, 3.8) is 0 Å². The van der Waals surface area contributed by atoms with Gasteiger partial charge in [0, 0.05) is 16.2 Å². The molecule has 1 fully saturated rings. The second kappa shape index (κ2) is 4.69. The summed E-state index contributed by atoms with van der Waals surface area (Å²) in [5, 5.41) is 0. The minimum absolute atomic E-state index is 0.180. The van der Waals surface area contributed by atoms with E-state index in [4.69, 9.17) is 0 Å². The smallest absolute Gasteiger partial charge is 0.257 e. The van der Waals surface area contributed by atoms with E-state index in [2.05, 4.69) is 22.6 Å². The zero-order chi connectivity index (χ0) is 11.7. The lowest BCUT2D eigenvalue weighted by atomic mass is 10.1. The van der Waals surface area contributed by atoms with Gasteiger partial charge in [-0.3, -0.25) is 4.79 Å². The Morgan fingerprint density at radius 1 is 1.56 bits per heavy atom. The third-order valence-electron chi connectivity index (χ3n) is 2.97. The summed E-state index contributed by atoms with van der Waals surface area (Å²) in [6, 6.07) is 4.86. The predicted molar refractivity (Wildman–Crippen MR) is 68.8 cm³/mol. The van der Waals surface area contributed by atoms with Crippen molar-refractivity contribution >= 4 is 28.5 Å². The Balaban J connectivity index is 2.29. The number of nitrogens with zero attached hydrogens (tertiary/aromatic N) is 1. The molecule has 1 amide bonds. The number of hydrogen-bond acceptors (Lipinski definition) is 1. The zero-order valence-corrected chi connectivity index (χ0v) is 11.2. The van der Waals surface area contributed by atoms with Crippen LogP contribution in [0.4, 0.5) is 4.39 Å². The van der Waals surface area contributed by atoms with E-state index in [-0.39, 0.29) is 17.5 Å². The molecule has 1 saturated heterocycles. The molecule has 1 aromatic rings. The van der Waals surface area contributed by atoms with Gasteiger partial charge in [0.05, 0.1) is 5.56 Å². The van der Waals surface area contributed by atoms with Crippen LogP contribution >= 0.6 is 22.6 Å². The molecule has 2 rings (SSSR count). The lowest BCUT2D eigenvalue weighted by molar-refractivity contribution is 0.0742. The number of carbonyl (C=O) groups excluding carboxylic acids is 1. The molecule has 1 atom stereocenters. The van der Waals surface area contributed by atoms with Crippen LogP contribution in [0.3, 0.4) is 0 Å². The number of amides is 1. The van der Waals surface area contributed by atoms with Crippen LogP contribution in [-0.4, -0.2) is 23.4 Å². The van der Waals surface area contributed by atoms with E-state index in [0.717, 1.165) is 23.0 Å². The maximum Gasteiger partial charge on any atom is 0.257 e. The van der Waals surface area contributed by atoms with Gasteiger partial charge in [-0.2, -0.15) is 0 Å². The van der Waals surface area contributed by atoms with Gasteiger partial charge in [-0.15, -0.1) is 0 Å². The molecule has 1 heterocycles. The molecule has 1 unspecified atom stereocenters. The Hall–Kier alpha value is -0.650. The number of carbonyl (C=O) groups is 1. The molecule has 2 nitrogen and oxygen atoms in total. The van der Waals surface area contributed by atoms with E-state index in [1.165, 1.54) is 6.07 Å². The van der Waals surface area contributed by atoms with Gasteiger partial charge >= 0.3 is 0 Å². The quantitative estimate of drug-likeness (QED) is 0.724. The molecule has 0 bridgehead atoms. The SMILES string of the molecule is CC1CCCN1C(=O)c1cc(I)ccc1F. The van der Waals surface area contributed by atoms with Crippen LogP contribution in [-0.2, 0) is 0 Å². The first kappa shape index (κ1) is 11.8. The highest BCUT2D eigenvalue weighted by Crippen LogP contribution is 2.21. The fourth-order valence-corrected chi connectivity index (χ4v) is 2.54. The lowest BCUT2D eigenvalue weighted by Crippen LogP contribution is -2.34. The van der Waals surface area contributed by atoms with Gasteiger partial charge in [-0.25, -0.2) is 4.39 Å². The van der Waals surface area contributed by atoms with Crippen LogP contribution in [0.5, 0.6) is 0 Å². The van der Waals surface area contributed by atoms with Crippen LogP contribution in [0.25, 0.3) is 0 Å². The van der Waals surface area contributed by atoms with Crippen molar-refractivity contribution in [2.75, 3.05) is 6.54 Å². The Morgan fingerprint density at radius 2 is 2.31 bits per heavy atom. The Morgan fingerprint density at radius 3 is 2.94 bits per heavy atom. The minimum Gasteiger partial charge on any atom is -0.336 e. The molecule has 0 saturated carbocycles. The molecule has 0 aromatic heterocycles. The largest absolute Gasteiger partial charge is 0.336 e. The molecule has 0 radical (unpaired) electrons. The minimum atomic E-state index is -0.426. The highest BCUT2D eigenvalue weighted by atomic mass is 127. The van der Waals surface area contributed by atoms with E-state index in [1.807, 2.05) is 6.92 Å². The molecule has 0 N–H and O–H groups in total. The molecule has 1 aromatic carbocycles. The molecule has 1 aliphatic rings. The summed E-state index contributed by atoms with van der Waals surface area (Å²) < 4.78 is 14.4. The first-order valence-corrected chi connectivity index (χ1v) is 6.43. The van der Waals surface area contributed by atoms with Gasteiger partial charge in [-0.1, -0.05) is 0 Å². The van der Waals surface area contributed by atoms with Gasteiger partial charge in [0.1, 0.15) is 5.82 Å². The number of benzene rings is 1. The molecule has 86 valence electrons. The first-order valence-electron chi connectivity index (χ1n) is 5.35. The standard InChI is InChI=1S/C12H13FINO/c1-8-3-2-6-15(8)12(16)10-7-9(14)4-5-11(10)13/h4-5,7-8H,2-3,6H2,1H3. The Bertz CT molecular complexity index is 421. The molecule has 0 aliphatic carbocycles. The first-order chi connectivity index (χ1) is 7.59. The van der Waals surface area contributed by atoms with E-state index in [9.17, 15) is 9.18 Å². The average Bonchev–Trinajstić information content (AvgIpc) is 2.67. The van der Waals surface area contributed by atoms with Crippen molar-refractivity contribution in [2.24, 2.45) is 0 Å². The highest BCUT2D eigenvalue weighted by Gasteiger charge is 2.27. The predicted octanol–water partition coefficient (Wildman–Crippen LogP) is 3.05. The third kappa shape index (κ3) is 2.21. The van der Waals surface area contributed by atoms with Crippen molar-refractivity contribution in [3.8, 4) is 0 Å². The van der Waals surface area contributed by atoms with E-state index >= 15 is 0 Å². The molecule has 0 spiro atoms. The van der Waals surface area contributed by atoms with Crippen molar-refractivity contribution in [1.82, 2.24) is 4.90 Å². The van der Waals surface area contributed by atoms with Crippen LogP contribution in [0.1, 0.15) is 30.1 Å². The fraction of sp³-hybridized carbons (Fsp3) is 0.417. The van der Waals surface area contributed by atoms with Crippen LogP contribution in [0.2, 0.25) is 0 Å². The van der Waals surface area contributed by atoms with Crippen LogP contribution < -0.4 is 0 Å². The second-order valence-electron chi connectivity index (χ2n) is 4.11. The normalized spacial score (nSPS) is 20.2. The van der Waals surface area contributed by atoms with Crippen molar-refractivity contribution < 1.29 is 9.18 Å². The van der Waals surface area contributed by atoms with Gasteiger partial charge < -0.3 is 4.90 Å². The second-order valence-corrected chi connectivity index (χ2v) is 5.36. The van der Waals surface area contributed by atoms with Crippen LogP contribution in [0.15, 0.2) is 18.2 Å². The molecule has 1 aliphatic heterocycles. The summed E-state index contributed by atoms with van der Waals surface area (Å²) in [5.74, 6) is -0.606. The van der Waals surface area contributed by atoms with E-state index in [0.29, 0.717) is 0 Å².